The van der Waals surface area contributed by atoms with E-state index in [-0.39, 0.29) is 11.5 Å². The molecule has 2 aliphatic rings. The monoisotopic (exact) mass is 504 g/mol. The third-order valence-corrected chi connectivity index (χ3v) is 7.51. The number of anilines is 1. The second-order valence-electron chi connectivity index (χ2n) is 10.1. The van der Waals surface area contributed by atoms with Crippen molar-refractivity contribution >= 4 is 17.4 Å². The zero-order valence-electron chi connectivity index (χ0n) is 20.9. The highest BCUT2D eigenvalue weighted by Gasteiger charge is 2.23. The number of halogens is 2. The highest BCUT2D eigenvalue weighted by molar-refractivity contribution is 6.33. The van der Waals surface area contributed by atoms with Crippen molar-refractivity contribution in [2.75, 3.05) is 38.8 Å². The zero-order valence-corrected chi connectivity index (χ0v) is 21.6. The van der Waals surface area contributed by atoms with Crippen LogP contribution in [0, 0.1) is 17.7 Å². The summed E-state index contributed by atoms with van der Waals surface area (Å²) in [5, 5.41) is 7.45. The van der Waals surface area contributed by atoms with Gasteiger partial charge in [-0.3, -0.25) is 4.98 Å². The van der Waals surface area contributed by atoms with E-state index in [1.54, 1.807) is 19.4 Å². The molecular formula is C27H38ClFN4O2. The second kappa shape index (κ2) is 12.9. The van der Waals surface area contributed by atoms with Crippen molar-refractivity contribution in [2.45, 2.75) is 64.0 Å². The van der Waals surface area contributed by atoms with Gasteiger partial charge in [0, 0.05) is 56.4 Å². The molecule has 8 heteroatoms. The van der Waals surface area contributed by atoms with Gasteiger partial charge in [-0.1, -0.05) is 11.6 Å². The van der Waals surface area contributed by atoms with Crippen molar-refractivity contribution in [1.29, 1.82) is 0 Å². The fourth-order valence-electron chi connectivity index (χ4n) is 5.23. The number of rotatable bonds is 10. The first-order valence-electron chi connectivity index (χ1n) is 12.9. The molecule has 2 aromatic rings. The van der Waals surface area contributed by atoms with Crippen LogP contribution in [0.25, 0.3) is 11.3 Å². The molecule has 35 heavy (non-hydrogen) atoms. The Morgan fingerprint density at radius 2 is 1.91 bits per heavy atom. The lowest BCUT2D eigenvalue weighted by molar-refractivity contribution is 0.0699. The first-order valence-corrected chi connectivity index (χ1v) is 13.3. The van der Waals surface area contributed by atoms with Crippen LogP contribution in [-0.2, 0) is 15.9 Å². The molecule has 2 aromatic heterocycles. The third-order valence-electron chi connectivity index (χ3n) is 7.21. The molecule has 2 N–H and O–H groups in total. The molecule has 1 aliphatic carbocycles. The highest BCUT2D eigenvalue weighted by Crippen LogP contribution is 2.32. The number of hydrogen-bond donors (Lipinski definition) is 2. The van der Waals surface area contributed by atoms with E-state index < -0.39 is 0 Å². The lowest BCUT2D eigenvalue weighted by atomic mass is 9.83. The molecule has 1 saturated heterocycles. The molecule has 6 nitrogen and oxygen atoms in total. The minimum atomic E-state index is -0.377. The first-order chi connectivity index (χ1) is 17.0. The minimum absolute atomic E-state index is 0.274. The maximum atomic E-state index is 14.8. The van der Waals surface area contributed by atoms with Gasteiger partial charge in [0.05, 0.1) is 11.6 Å². The molecule has 0 amide bonds. The lowest BCUT2D eigenvalue weighted by Crippen LogP contribution is -2.41. The van der Waals surface area contributed by atoms with Gasteiger partial charge >= 0.3 is 0 Å². The maximum Gasteiger partial charge on any atom is 0.149 e. The smallest absolute Gasteiger partial charge is 0.149 e. The Bertz CT molecular complexity index is 949. The van der Waals surface area contributed by atoms with E-state index in [4.69, 9.17) is 21.1 Å². The second-order valence-corrected chi connectivity index (χ2v) is 10.5. The van der Waals surface area contributed by atoms with Crippen molar-refractivity contribution < 1.29 is 13.9 Å². The van der Waals surface area contributed by atoms with Gasteiger partial charge in [-0.05, 0) is 81.9 Å². The van der Waals surface area contributed by atoms with Crippen molar-refractivity contribution in [1.82, 2.24) is 15.3 Å². The van der Waals surface area contributed by atoms with Crippen LogP contribution in [-0.4, -0.2) is 55.5 Å². The van der Waals surface area contributed by atoms with Crippen molar-refractivity contribution in [3.8, 4) is 11.3 Å². The summed E-state index contributed by atoms with van der Waals surface area (Å²) in [4.78, 5) is 9.14. The van der Waals surface area contributed by atoms with Crippen LogP contribution in [0.3, 0.4) is 0 Å². The lowest BCUT2D eigenvalue weighted by Gasteiger charge is -2.31. The van der Waals surface area contributed by atoms with Gasteiger partial charge in [-0.2, -0.15) is 0 Å². The van der Waals surface area contributed by atoms with E-state index in [0.29, 0.717) is 40.3 Å². The molecule has 1 atom stereocenters. The maximum absolute atomic E-state index is 14.8. The van der Waals surface area contributed by atoms with E-state index in [1.165, 1.54) is 6.07 Å². The quantitative estimate of drug-likeness (QED) is 0.445. The minimum Gasteiger partial charge on any atom is -0.383 e. The number of pyridine rings is 2. The molecule has 0 radical (unpaired) electrons. The topological polar surface area (TPSA) is 68.3 Å². The Kier molecular flexibility index (Phi) is 9.72. The van der Waals surface area contributed by atoms with Crippen LogP contribution in [0.2, 0.25) is 5.02 Å². The van der Waals surface area contributed by atoms with Gasteiger partial charge < -0.3 is 20.1 Å². The van der Waals surface area contributed by atoms with Crippen LogP contribution in [0.15, 0.2) is 24.4 Å². The van der Waals surface area contributed by atoms with E-state index in [0.717, 1.165) is 77.0 Å². The SMILES string of the molecule is COC[C@@H](C)NC1CCC(Cc2cc(-c3nc(NCC4CCOCC4)ccc3F)c(Cl)cn2)CC1. The Morgan fingerprint density at radius 3 is 2.66 bits per heavy atom. The van der Waals surface area contributed by atoms with Crippen LogP contribution in [0.5, 0.6) is 0 Å². The zero-order chi connectivity index (χ0) is 24.6. The van der Waals surface area contributed by atoms with Crippen molar-refractivity contribution in [3.63, 3.8) is 0 Å². The molecule has 0 spiro atoms. The number of ether oxygens (including phenoxy) is 2. The van der Waals surface area contributed by atoms with Gasteiger partial charge in [-0.25, -0.2) is 9.37 Å². The van der Waals surface area contributed by atoms with Crippen LogP contribution >= 0.6 is 11.6 Å². The molecule has 1 saturated carbocycles. The van der Waals surface area contributed by atoms with E-state index in [1.807, 2.05) is 6.07 Å². The summed E-state index contributed by atoms with van der Waals surface area (Å²) < 4.78 is 25.5. The normalized spacial score (nSPS) is 22.2. The van der Waals surface area contributed by atoms with E-state index in [9.17, 15) is 4.39 Å². The van der Waals surface area contributed by atoms with Crippen LogP contribution in [0.1, 0.15) is 51.1 Å². The first kappa shape index (κ1) is 26.3. The molecule has 192 valence electrons. The molecule has 2 fully saturated rings. The van der Waals surface area contributed by atoms with Crippen LogP contribution in [0.4, 0.5) is 10.2 Å². The van der Waals surface area contributed by atoms with Crippen molar-refractivity contribution in [2.24, 2.45) is 11.8 Å². The Hall–Kier alpha value is -1.80. The average molecular weight is 505 g/mol. The van der Waals surface area contributed by atoms with E-state index >= 15 is 0 Å². The number of aromatic nitrogens is 2. The van der Waals surface area contributed by atoms with Crippen molar-refractivity contribution in [3.05, 3.63) is 40.9 Å². The van der Waals surface area contributed by atoms with Gasteiger partial charge in [0.25, 0.3) is 0 Å². The van der Waals surface area contributed by atoms with E-state index in [2.05, 4.69) is 27.5 Å². The predicted octanol–water partition coefficient (Wildman–Crippen LogP) is 5.50. The largest absolute Gasteiger partial charge is 0.383 e. The summed E-state index contributed by atoms with van der Waals surface area (Å²) in [5.74, 6) is 1.40. The standard InChI is InChI=1S/C27H38ClFN4O2/c1-18(17-34-2)32-21-5-3-19(4-6-21)13-22-14-23(24(28)16-30-22)27-25(29)7-8-26(33-27)31-15-20-9-11-35-12-10-20/h7-8,14,16,18-21,32H,3-6,9-13,15,17H2,1-2H3,(H,31,33)/t18-,19?,21?/m1/s1. The fraction of sp³-hybridized carbons (Fsp3) is 0.630. The number of nitrogens with one attached hydrogen (secondary N) is 2. The summed E-state index contributed by atoms with van der Waals surface area (Å²) >= 11 is 6.47. The Balaban J connectivity index is 1.38. The molecule has 3 heterocycles. The number of methoxy groups -OCH3 is 1. The molecule has 1 aliphatic heterocycles. The third kappa shape index (κ3) is 7.59. The Morgan fingerprint density at radius 1 is 1.14 bits per heavy atom. The Labute approximate surface area is 213 Å². The highest BCUT2D eigenvalue weighted by atomic mass is 35.5. The molecular weight excluding hydrogens is 467 g/mol. The number of nitrogens with zero attached hydrogens (tertiary/aromatic N) is 2. The van der Waals surface area contributed by atoms with Gasteiger partial charge in [0.2, 0.25) is 0 Å². The summed E-state index contributed by atoms with van der Waals surface area (Å²) in [6, 6.07) is 5.98. The molecule has 0 bridgehead atoms. The molecule has 0 unspecified atom stereocenters. The summed E-state index contributed by atoms with van der Waals surface area (Å²) in [6.07, 6.45) is 9.16. The van der Waals surface area contributed by atoms with Gasteiger partial charge in [0.15, 0.2) is 0 Å². The summed E-state index contributed by atoms with van der Waals surface area (Å²) in [7, 11) is 1.74. The molecule has 4 rings (SSSR count). The summed E-state index contributed by atoms with van der Waals surface area (Å²) in [5.41, 5.74) is 1.82. The fourth-order valence-corrected chi connectivity index (χ4v) is 5.43. The molecule has 0 aromatic carbocycles. The van der Waals surface area contributed by atoms with Crippen LogP contribution < -0.4 is 10.6 Å². The average Bonchev–Trinajstić information content (AvgIpc) is 2.87. The summed E-state index contributed by atoms with van der Waals surface area (Å²) in [6.45, 7) is 5.30. The van der Waals surface area contributed by atoms with Gasteiger partial charge in [-0.15, -0.1) is 0 Å². The predicted molar refractivity (Wildman–Crippen MR) is 138 cm³/mol. The van der Waals surface area contributed by atoms with Gasteiger partial charge in [0.1, 0.15) is 17.3 Å². The number of hydrogen-bond acceptors (Lipinski definition) is 6.